The van der Waals surface area contributed by atoms with E-state index in [4.69, 9.17) is 9.47 Å². The fourth-order valence-electron chi connectivity index (χ4n) is 1.95. The van der Waals surface area contributed by atoms with Crippen LogP contribution in [0.25, 0.3) is 6.08 Å². The maximum Gasteiger partial charge on any atom is 0.416 e. The third-order valence-electron chi connectivity index (χ3n) is 2.69. The molecule has 0 bridgehead atoms. The van der Waals surface area contributed by atoms with Crippen LogP contribution in [0.4, 0.5) is 10.5 Å². The molecule has 0 spiro atoms. The average molecular weight is 247 g/mol. The summed E-state index contributed by atoms with van der Waals surface area (Å²) in [5.74, 6) is 0. The number of rotatable bonds is 3. The largest absolute Gasteiger partial charge is 0.449 e. The molecule has 4 heteroatoms. The highest BCUT2D eigenvalue weighted by Gasteiger charge is 2.29. The van der Waals surface area contributed by atoms with Crippen LogP contribution in [0, 0.1) is 0 Å². The smallest absolute Gasteiger partial charge is 0.416 e. The van der Waals surface area contributed by atoms with Crippen molar-refractivity contribution in [3.8, 4) is 0 Å². The highest BCUT2D eigenvalue weighted by Crippen LogP contribution is 2.29. The van der Waals surface area contributed by atoms with Gasteiger partial charge in [0.15, 0.2) is 6.23 Å². The number of nitrogens with zero attached hydrogens (tertiary/aromatic N) is 1. The van der Waals surface area contributed by atoms with E-state index in [9.17, 15) is 4.79 Å². The maximum absolute atomic E-state index is 12.0. The van der Waals surface area contributed by atoms with Crippen LogP contribution in [0.15, 0.2) is 30.3 Å². The van der Waals surface area contributed by atoms with Gasteiger partial charge >= 0.3 is 6.09 Å². The van der Waals surface area contributed by atoms with Gasteiger partial charge in [-0.2, -0.15) is 0 Å². The third-order valence-corrected chi connectivity index (χ3v) is 2.69. The Morgan fingerprint density at radius 2 is 2.06 bits per heavy atom. The topological polar surface area (TPSA) is 38.8 Å². The second kappa shape index (κ2) is 5.69. The summed E-state index contributed by atoms with van der Waals surface area (Å²) in [4.78, 5) is 13.6. The zero-order valence-corrected chi connectivity index (χ0v) is 10.6. The lowest BCUT2D eigenvalue weighted by molar-refractivity contribution is 0.0830. The number of carbonyl (C=O) groups is 1. The molecule has 96 valence electrons. The molecule has 0 aromatic heterocycles. The summed E-state index contributed by atoms with van der Waals surface area (Å²) < 4.78 is 10.6. The SMILES string of the molecule is CCOC(=O)N1c2ccccc2C=C[C@@H]1OCC. The lowest BCUT2D eigenvalue weighted by Gasteiger charge is -2.32. The zero-order valence-electron chi connectivity index (χ0n) is 10.6. The first-order valence-corrected chi connectivity index (χ1v) is 6.12. The second-order valence-corrected chi connectivity index (χ2v) is 3.83. The summed E-state index contributed by atoms with van der Waals surface area (Å²) in [6, 6.07) is 7.68. The van der Waals surface area contributed by atoms with E-state index >= 15 is 0 Å². The maximum atomic E-state index is 12.0. The van der Waals surface area contributed by atoms with Crippen LogP contribution < -0.4 is 4.90 Å². The fourth-order valence-corrected chi connectivity index (χ4v) is 1.95. The third kappa shape index (κ3) is 2.38. The number of hydrogen-bond acceptors (Lipinski definition) is 3. The Morgan fingerprint density at radius 3 is 2.78 bits per heavy atom. The van der Waals surface area contributed by atoms with E-state index in [0.29, 0.717) is 13.2 Å². The van der Waals surface area contributed by atoms with Gasteiger partial charge in [0.05, 0.1) is 12.3 Å². The van der Waals surface area contributed by atoms with Crippen molar-refractivity contribution in [2.45, 2.75) is 20.1 Å². The number of hydrogen-bond donors (Lipinski definition) is 0. The van der Waals surface area contributed by atoms with Gasteiger partial charge in [0.1, 0.15) is 0 Å². The van der Waals surface area contributed by atoms with Crippen molar-refractivity contribution in [3.63, 3.8) is 0 Å². The molecule has 1 aromatic carbocycles. The van der Waals surface area contributed by atoms with E-state index in [2.05, 4.69) is 0 Å². The van der Waals surface area contributed by atoms with Crippen molar-refractivity contribution in [1.82, 2.24) is 0 Å². The lowest BCUT2D eigenvalue weighted by Crippen LogP contribution is -2.43. The first kappa shape index (κ1) is 12.6. The first-order valence-electron chi connectivity index (χ1n) is 6.12. The molecule has 1 aromatic rings. The standard InChI is InChI=1S/C14H17NO3/c1-3-17-13-10-9-11-7-5-6-8-12(11)15(13)14(16)18-4-2/h5-10,13H,3-4H2,1-2H3/t13-/m0/s1. The Morgan fingerprint density at radius 1 is 1.28 bits per heavy atom. The quantitative estimate of drug-likeness (QED) is 0.824. The van der Waals surface area contributed by atoms with Gasteiger partial charge in [0.2, 0.25) is 0 Å². The monoisotopic (exact) mass is 247 g/mol. The summed E-state index contributed by atoms with van der Waals surface area (Å²) in [6.07, 6.45) is 3.05. The van der Waals surface area contributed by atoms with Gasteiger partial charge in [-0.05, 0) is 31.6 Å². The van der Waals surface area contributed by atoms with Crippen molar-refractivity contribution in [2.75, 3.05) is 18.1 Å². The van der Waals surface area contributed by atoms with Crippen molar-refractivity contribution in [1.29, 1.82) is 0 Å². The molecule has 0 fully saturated rings. The first-order chi connectivity index (χ1) is 8.77. The predicted octanol–water partition coefficient (Wildman–Crippen LogP) is 3.04. The number of amides is 1. The normalized spacial score (nSPS) is 17.4. The molecule has 18 heavy (non-hydrogen) atoms. The van der Waals surface area contributed by atoms with Crippen molar-refractivity contribution in [2.24, 2.45) is 0 Å². The van der Waals surface area contributed by atoms with Gasteiger partial charge in [-0.15, -0.1) is 0 Å². The molecule has 4 nitrogen and oxygen atoms in total. The molecule has 2 rings (SSSR count). The Labute approximate surface area is 107 Å². The van der Waals surface area contributed by atoms with Gasteiger partial charge in [-0.25, -0.2) is 9.69 Å². The highest BCUT2D eigenvalue weighted by molar-refractivity contribution is 5.93. The van der Waals surface area contributed by atoms with Gasteiger partial charge in [0, 0.05) is 6.61 Å². The molecule has 0 aliphatic carbocycles. The summed E-state index contributed by atoms with van der Waals surface area (Å²) in [5, 5.41) is 0. The van der Waals surface area contributed by atoms with Crippen LogP contribution in [0.5, 0.6) is 0 Å². The van der Waals surface area contributed by atoms with Crippen LogP contribution in [0.1, 0.15) is 19.4 Å². The highest BCUT2D eigenvalue weighted by atomic mass is 16.6. The molecule has 1 aliphatic heterocycles. The second-order valence-electron chi connectivity index (χ2n) is 3.83. The summed E-state index contributed by atoms with van der Waals surface area (Å²) in [7, 11) is 0. The minimum Gasteiger partial charge on any atom is -0.449 e. The van der Waals surface area contributed by atoms with E-state index in [1.54, 1.807) is 11.8 Å². The molecule has 0 saturated carbocycles. The molecule has 0 saturated heterocycles. The lowest BCUT2D eigenvalue weighted by atomic mass is 10.1. The van der Waals surface area contributed by atoms with Crippen LogP contribution in [-0.2, 0) is 9.47 Å². The molecule has 0 unspecified atom stereocenters. The average Bonchev–Trinajstić information content (AvgIpc) is 2.39. The van der Waals surface area contributed by atoms with Gasteiger partial charge in [0.25, 0.3) is 0 Å². The number of fused-ring (bicyclic) bond motifs is 1. The molecule has 1 amide bonds. The molecule has 0 N–H and O–H groups in total. The number of benzene rings is 1. The van der Waals surface area contributed by atoms with E-state index in [-0.39, 0.29) is 6.09 Å². The molecule has 1 aliphatic rings. The summed E-state index contributed by atoms with van der Waals surface area (Å²) in [6.45, 7) is 4.57. The number of carbonyl (C=O) groups excluding carboxylic acids is 1. The van der Waals surface area contributed by atoms with Crippen LogP contribution >= 0.6 is 0 Å². The molecular formula is C14H17NO3. The van der Waals surface area contributed by atoms with Crippen LogP contribution in [-0.4, -0.2) is 25.5 Å². The van der Waals surface area contributed by atoms with E-state index in [0.717, 1.165) is 11.3 Å². The fraction of sp³-hybridized carbons (Fsp3) is 0.357. The number of anilines is 1. The Hall–Kier alpha value is -1.81. The van der Waals surface area contributed by atoms with Gasteiger partial charge in [-0.3, -0.25) is 0 Å². The van der Waals surface area contributed by atoms with E-state index < -0.39 is 6.23 Å². The van der Waals surface area contributed by atoms with Crippen molar-refractivity contribution >= 4 is 17.9 Å². The van der Waals surface area contributed by atoms with Crippen LogP contribution in [0.3, 0.4) is 0 Å². The van der Waals surface area contributed by atoms with Gasteiger partial charge in [-0.1, -0.05) is 24.3 Å². The summed E-state index contributed by atoms with van der Waals surface area (Å²) in [5.41, 5.74) is 1.80. The molecule has 1 atom stereocenters. The number of ether oxygens (including phenoxy) is 2. The predicted molar refractivity (Wildman–Crippen MR) is 70.4 cm³/mol. The minimum atomic E-state index is -0.399. The molecule has 0 radical (unpaired) electrons. The Balaban J connectivity index is 2.35. The van der Waals surface area contributed by atoms with E-state index in [1.165, 1.54) is 0 Å². The van der Waals surface area contributed by atoms with E-state index in [1.807, 2.05) is 43.3 Å². The molecular weight excluding hydrogens is 230 g/mol. The van der Waals surface area contributed by atoms with Gasteiger partial charge < -0.3 is 9.47 Å². The minimum absolute atomic E-state index is 0.347. The molecule has 1 heterocycles. The Kier molecular flexibility index (Phi) is 3.99. The zero-order chi connectivity index (χ0) is 13.0. The van der Waals surface area contributed by atoms with Crippen molar-refractivity contribution in [3.05, 3.63) is 35.9 Å². The summed E-state index contributed by atoms with van der Waals surface area (Å²) >= 11 is 0. The van der Waals surface area contributed by atoms with Crippen LogP contribution in [0.2, 0.25) is 0 Å². The van der Waals surface area contributed by atoms with Crippen molar-refractivity contribution < 1.29 is 14.3 Å². The number of para-hydroxylation sites is 1. The Bertz CT molecular complexity index is 456.